The van der Waals surface area contributed by atoms with Gasteiger partial charge in [0.1, 0.15) is 0 Å². The van der Waals surface area contributed by atoms with Crippen LogP contribution in [0.15, 0.2) is 34.7 Å². The lowest BCUT2D eigenvalue weighted by Crippen LogP contribution is -2.39. The Morgan fingerprint density at radius 3 is 2.17 bits per heavy atom. The predicted octanol–water partition coefficient (Wildman–Crippen LogP) is 1.69. The van der Waals surface area contributed by atoms with Gasteiger partial charge >= 0.3 is 0 Å². The van der Waals surface area contributed by atoms with E-state index in [2.05, 4.69) is 4.72 Å². The fourth-order valence-corrected chi connectivity index (χ4v) is 7.33. The van der Waals surface area contributed by atoms with Gasteiger partial charge in [-0.1, -0.05) is 29.8 Å². The summed E-state index contributed by atoms with van der Waals surface area (Å²) < 4.78 is 51.3. The van der Waals surface area contributed by atoms with E-state index in [0.717, 1.165) is 24.0 Å². The van der Waals surface area contributed by atoms with Gasteiger partial charge in [0, 0.05) is 5.54 Å². The van der Waals surface area contributed by atoms with E-state index in [-0.39, 0.29) is 16.4 Å². The summed E-state index contributed by atoms with van der Waals surface area (Å²) in [4.78, 5) is 0.0349. The van der Waals surface area contributed by atoms with Gasteiger partial charge < -0.3 is 0 Å². The molecule has 0 bridgehead atoms. The van der Waals surface area contributed by atoms with E-state index in [9.17, 15) is 16.8 Å². The maximum Gasteiger partial charge on any atom is 0.238 e. The van der Waals surface area contributed by atoms with Gasteiger partial charge in [-0.15, -0.1) is 0 Å². The van der Waals surface area contributed by atoms with E-state index < -0.39 is 25.4 Å². The first kappa shape index (κ1) is 16.7. The molecule has 0 aromatic heterocycles. The van der Waals surface area contributed by atoms with Crippen molar-refractivity contribution in [3.05, 3.63) is 45.9 Å². The van der Waals surface area contributed by atoms with Crippen LogP contribution in [0.4, 0.5) is 0 Å². The minimum atomic E-state index is -3.75. The fourth-order valence-electron chi connectivity index (χ4n) is 3.00. The standard InChI is InChI=1S/C16H21NO4S2/c1-12-3-5-14(6-4-12)9-16(7-8-16)17-23(20,21)15-11-22(18,19)10-13(15)2/h3-6,17H,7-11H2,1-2H3. The third-order valence-corrected chi connectivity index (χ3v) is 8.08. The van der Waals surface area contributed by atoms with Crippen molar-refractivity contribution >= 4 is 19.9 Å². The van der Waals surface area contributed by atoms with Crippen molar-refractivity contribution in [2.45, 2.75) is 38.6 Å². The quantitative estimate of drug-likeness (QED) is 0.872. The third-order valence-electron chi connectivity index (χ3n) is 4.46. The molecule has 0 atom stereocenters. The van der Waals surface area contributed by atoms with Crippen LogP contribution in [-0.2, 0) is 26.3 Å². The van der Waals surface area contributed by atoms with Gasteiger partial charge in [0.25, 0.3) is 0 Å². The average Bonchev–Trinajstić information content (AvgIpc) is 3.09. The van der Waals surface area contributed by atoms with Crippen LogP contribution in [0, 0.1) is 6.92 Å². The smallest absolute Gasteiger partial charge is 0.228 e. The second-order valence-corrected chi connectivity index (χ2v) is 10.6. The highest BCUT2D eigenvalue weighted by Gasteiger charge is 2.47. The van der Waals surface area contributed by atoms with Crippen LogP contribution < -0.4 is 4.72 Å². The lowest BCUT2D eigenvalue weighted by molar-refractivity contribution is 0.544. The predicted molar refractivity (Wildman–Crippen MR) is 90.3 cm³/mol. The molecule has 0 amide bonds. The molecule has 0 radical (unpaired) electrons. The first-order valence-corrected chi connectivity index (χ1v) is 10.9. The molecule has 1 heterocycles. The Morgan fingerprint density at radius 2 is 1.70 bits per heavy atom. The number of nitrogens with one attached hydrogen (secondary N) is 1. The summed E-state index contributed by atoms with van der Waals surface area (Å²) in [5.41, 5.74) is 2.22. The molecule has 126 valence electrons. The van der Waals surface area contributed by atoms with Crippen LogP contribution in [0.1, 0.15) is 30.9 Å². The Morgan fingerprint density at radius 1 is 1.09 bits per heavy atom. The zero-order chi connectivity index (χ0) is 16.9. The molecular formula is C16H21NO4S2. The molecule has 1 saturated carbocycles. The van der Waals surface area contributed by atoms with Gasteiger partial charge in [-0.05, 0) is 44.2 Å². The van der Waals surface area contributed by atoms with Gasteiger partial charge in [-0.25, -0.2) is 21.6 Å². The van der Waals surface area contributed by atoms with Crippen molar-refractivity contribution in [3.63, 3.8) is 0 Å². The van der Waals surface area contributed by atoms with Gasteiger partial charge in [0.15, 0.2) is 9.84 Å². The normalized spacial score (nSPS) is 22.3. The van der Waals surface area contributed by atoms with Gasteiger partial charge in [-0.2, -0.15) is 0 Å². The highest BCUT2D eigenvalue weighted by atomic mass is 32.2. The Hall–Kier alpha value is -1.18. The van der Waals surface area contributed by atoms with Crippen LogP contribution in [-0.4, -0.2) is 33.9 Å². The van der Waals surface area contributed by atoms with E-state index in [0.29, 0.717) is 12.0 Å². The van der Waals surface area contributed by atoms with Crippen molar-refractivity contribution in [3.8, 4) is 0 Å². The van der Waals surface area contributed by atoms with Crippen LogP contribution >= 0.6 is 0 Å². The highest BCUT2D eigenvalue weighted by Crippen LogP contribution is 2.40. The number of rotatable bonds is 5. The van der Waals surface area contributed by atoms with Gasteiger partial charge in [-0.3, -0.25) is 0 Å². The zero-order valence-electron chi connectivity index (χ0n) is 13.3. The largest absolute Gasteiger partial charge is 0.238 e. The summed E-state index contributed by atoms with van der Waals surface area (Å²) in [6.07, 6.45) is 2.18. The minimum absolute atomic E-state index is 0.0349. The molecule has 3 rings (SSSR count). The first-order valence-electron chi connectivity index (χ1n) is 7.59. The summed E-state index contributed by atoms with van der Waals surface area (Å²) in [6.45, 7) is 3.59. The molecule has 23 heavy (non-hydrogen) atoms. The molecule has 7 heteroatoms. The monoisotopic (exact) mass is 355 g/mol. The number of hydrogen-bond acceptors (Lipinski definition) is 4. The Kier molecular flexibility index (Phi) is 3.93. The van der Waals surface area contributed by atoms with Crippen molar-refractivity contribution < 1.29 is 16.8 Å². The lowest BCUT2D eigenvalue weighted by atomic mass is 10.0. The van der Waals surface area contributed by atoms with Crippen molar-refractivity contribution in [1.82, 2.24) is 4.72 Å². The number of sulfonamides is 1. The molecule has 1 aromatic rings. The summed E-state index contributed by atoms with van der Waals surface area (Å²) in [6, 6.07) is 8.04. The second kappa shape index (κ2) is 5.43. The molecule has 1 N–H and O–H groups in total. The van der Waals surface area contributed by atoms with E-state index in [1.54, 1.807) is 6.92 Å². The topological polar surface area (TPSA) is 80.3 Å². The SMILES string of the molecule is CC1=C(S(=O)(=O)NC2(Cc3ccc(C)cc3)CC2)CS(=O)(=O)C1. The first-order chi connectivity index (χ1) is 10.6. The summed E-state index contributed by atoms with van der Waals surface area (Å²) in [5, 5.41) is 0. The van der Waals surface area contributed by atoms with E-state index >= 15 is 0 Å². The van der Waals surface area contributed by atoms with Crippen LogP contribution in [0.5, 0.6) is 0 Å². The van der Waals surface area contributed by atoms with E-state index in [1.165, 1.54) is 0 Å². The average molecular weight is 355 g/mol. The minimum Gasteiger partial charge on any atom is -0.228 e. The Labute approximate surface area is 137 Å². The number of benzene rings is 1. The van der Waals surface area contributed by atoms with Crippen LogP contribution in [0.3, 0.4) is 0 Å². The van der Waals surface area contributed by atoms with Crippen LogP contribution in [0.2, 0.25) is 0 Å². The highest BCUT2D eigenvalue weighted by molar-refractivity contribution is 7.97. The Bertz CT molecular complexity index is 861. The van der Waals surface area contributed by atoms with Gasteiger partial charge in [0.2, 0.25) is 10.0 Å². The van der Waals surface area contributed by atoms with Crippen LogP contribution in [0.25, 0.3) is 0 Å². The molecule has 0 spiro atoms. The number of hydrogen-bond donors (Lipinski definition) is 1. The zero-order valence-corrected chi connectivity index (χ0v) is 14.9. The van der Waals surface area contributed by atoms with E-state index in [1.807, 2.05) is 31.2 Å². The lowest BCUT2D eigenvalue weighted by Gasteiger charge is -2.18. The second-order valence-electron chi connectivity index (χ2n) is 6.78. The molecule has 1 fully saturated rings. The molecule has 1 aromatic carbocycles. The summed E-state index contributed by atoms with van der Waals surface area (Å²) in [5.74, 6) is -0.539. The maximum absolute atomic E-state index is 12.6. The van der Waals surface area contributed by atoms with E-state index in [4.69, 9.17) is 0 Å². The molecular weight excluding hydrogens is 334 g/mol. The molecule has 5 nitrogen and oxygen atoms in total. The number of aryl methyl sites for hydroxylation is 1. The summed E-state index contributed by atoms with van der Waals surface area (Å²) >= 11 is 0. The Balaban J connectivity index is 1.78. The summed E-state index contributed by atoms with van der Waals surface area (Å²) in [7, 11) is -7.07. The van der Waals surface area contributed by atoms with Crippen molar-refractivity contribution in [1.29, 1.82) is 0 Å². The maximum atomic E-state index is 12.6. The molecule has 2 aliphatic rings. The van der Waals surface area contributed by atoms with Crippen molar-refractivity contribution in [2.24, 2.45) is 0 Å². The van der Waals surface area contributed by atoms with Gasteiger partial charge in [0.05, 0.1) is 16.4 Å². The molecule has 1 aliphatic carbocycles. The number of sulfone groups is 1. The molecule has 0 unspecified atom stereocenters. The third kappa shape index (κ3) is 3.67. The molecule has 1 aliphatic heterocycles. The fraction of sp³-hybridized carbons (Fsp3) is 0.500. The van der Waals surface area contributed by atoms with Crippen molar-refractivity contribution in [2.75, 3.05) is 11.5 Å². The molecule has 0 saturated heterocycles.